The van der Waals surface area contributed by atoms with E-state index in [9.17, 15) is 5.11 Å². The summed E-state index contributed by atoms with van der Waals surface area (Å²) in [5, 5.41) is 9.73. The third kappa shape index (κ3) is 8.36. The second-order valence-corrected chi connectivity index (χ2v) is 4.84. The fourth-order valence-electron chi connectivity index (χ4n) is 1.41. The first-order chi connectivity index (χ1) is 5.98. The molecule has 2 unspecified atom stereocenters. The molecule has 0 aromatic heterocycles. The van der Waals surface area contributed by atoms with Crippen LogP contribution in [-0.2, 0) is 0 Å². The van der Waals surface area contributed by atoms with Crippen LogP contribution in [-0.4, -0.2) is 18.6 Å². The Balaban J connectivity index is 3.26. The maximum atomic E-state index is 9.73. The molecule has 0 spiro atoms. The first-order valence-corrected chi connectivity index (χ1v) is 5.70. The lowest BCUT2D eigenvalue weighted by atomic mass is 9.84. The number of rotatable bonds is 7. The number of unbranched alkanes of at least 4 members (excludes halogenated alkanes) is 2. The molecule has 0 rings (SSSR count). The van der Waals surface area contributed by atoms with Gasteiger partial charge in [-0.25, -0.2) is 0 Å². The largest absolute Gasteiger partial charge is 0.390 e. The highest BCUT2D eigenvalue weighted by molar-refractivity contribution is 6.11. The third-order valence-electron chi connectivity index (χ3n) is 2.76. The van der Waals surface area contributed by atoms with Crippen LogP contribution >= 0.6 is 0 Å². The lowest BCUT2D eigenvalue weighted by Crippen LogP contribution is -2.22. The van der Waals surface area contributed by atoms with Gasteiger partial charge >= 0.3 is 0 Å². The van der Waals surface area contributed by atoms with Gasteiger partial charge in [-0.1, -0.05) is 45.3 Å². The predicted octanol–water partition coefficient (Wildman–Crippen LogP) is 2.54. The van der Waals surface area contributed by atoms with Crippen LogP contribution in [0.1, 0.15) is 59.3 Å². The van der Waals surface area contributed by atoms with Crippen LogP contribution in [0, 0.1) is 0 Å². The van der Waals surface area contributed by atoms with Crippen LogP contribution in [0.25, 0.3) is 0 Å². The summed E-state index contributed by atoms with van der Waals surface area (Å²) in [7, 11) is 2.27. The summed E-state index contributed by atoms with van der Waals surface area (Å²) in [5.74, 6) is 0.826. The van der Waals surface area contributed by atoms with Gasteiger partial charge < -0.3 is 5.11 Å². The van der Waals surface area contributed by atoms with Gasteiger partial charge in [-0.15, -0.1) is 0 Å². The molecule has 0 aromatic carbocycles. The van der Waals surface area contributed by atoms with E-state index in [-0.39, 0.29) is 0 Å². The Labute approximate surface area is 84.3 Å². The van der Waals surface area contributed by atoms with Gasteiger partial charge in [0.2, 0.25) is 0 Å². The Morgan fingerprint density at radius 1 is 1.31 bits per heavy atom. The van der Waals surface area contributed by atoms with Crippen LogP contribution < -0.4 is 0 Å². The summed E-state index contributed by atoms with van der Waals surface area (Å²) in [6, 6.07) is 0. The molecule has 1 N–H and O–H groups in total. The molecule has 0 heterocycles. The number of hydrogen-bond acceptors (Lipinski definition) is 1. The normalized spacial score (nSPS) is 18.2. The molecule has 0 bridgehead atoms. The summed E-state index contributed by atoms with van der Waals surface area (Å²) in [4.78, 5) is 0. The lowest BCUT2D eigenvalue weighted by Gasteiger charge is -2.20. The van der Waals surface area contributed by atoms with Crippen molar-refractivity contribution in [3.05, 3.63) is 0 Å². The SMILES string of the molecule is BC(C)CCCCCC(C)(O)CC. The highest BCUT2D eigenvalue weighted by Crippen LogP contribution is 2.19. The van der Waals surface area contributed by atoms with Crippen molar-refractivity contribution >= 4 is 7.85 Å². The van der Waals surface area contributed by atoms with E-state index in [1.165, 1.54) is 25.7 Å². The van der Waals surface area contributed by atoms with Crippen LogP contribution in [0.3, 0.4) is 0 Å². The van der Waals surface area contributed by atoms with E-state index in [0.717, 1.165) is 18.7 Å². The molecular formula is C11H25BO. The van der Waals surface area contributed by atoms with Gasteiger partial charge in [0.25, 0.3) is 0 Å². The summed E-state index contributed by atoms with van der Waals surface area (Å²) in [6.07, 6.45) is 6.92. The van der Waals surface area contributed by atoms with Crippen molar-refractivity contribution < 1.29 is 5.11 Å². The minimum atomic E-state index is -0.419. The second kappa shape index (κ2) is 6.47. The molecule has 0 radical (unpaired) electrons. The van der Waals surface area contributed by atoms with E-state index >= 15 is 0 Å². The maximum absolute atomic E-state index is 9.73. The van der Waals surface area contributed by atoms with Crippen molar-refractivity contribution in [1.82, 2.24) is 0 Å². The fourth-order valence-corrected chi connectivity index (χ4v) is 1.41. The highest BCUT2D eigenvalue weighted by Gasteiger charge is 2.15. The monoisotopic (exact) mass is 184 g/mol. The third-order valence-corrected chi connectivity index (χ3v) is 2.76. The molecule has 0 saturated carbocycles. The van der Waals surface area contributed by atoms with Gasteiger partial charge in [-0.3, -0.25) is 0 Å². The standard InChI is InChI=1S/C11H25BO/c1-4-11(3,13)9-7-5-6-8-10(2)12/h10,13H,4-9,12H2,1-3H3. The summed E-state index contributed by atoms with van der Waals surface area (Å²) in [6.45, 7) is 6.26. The van der Waals surface area contributed by atoms with Crippen LogP contribution in [0.5, 0.6) is 0 Å². The van der Waals surface area contributed by atoms with Gasteiger partial charge in [0.15, 0.2) is 0 Å². The maximum Gasteiger partial charge on any atom is 0.105 e. The lowest BCUT2D eigenvalue weighted by molar-refractivity contribution is 0.0442. The molecule has 2 atom stereocenters. The van der Waals surface area contributed by atoms with Crippen molar-refractivity contribution in [1.29, 1.82) is 0 Å². The first kappa shape index (κ1) is 13.0. The number of aliphatic hydroxyl groups is 1. The average Bonchev–Trinajstić information content (AvgIpc) is 2.03. The molecule has 0 aromatic rings. The Hall–Kier alpha value is 0.0249. The minimum absolute atomic E-state index is 0.419. The first-order valence-electron chi connectivity index (χ1n) is 5.70. The summed E-state index contributed by atoms with van der Waals surface area (Å²) in [5.41, 5.74) is -0.419. The molecule has 78 valence electrons. The van der Waals surface area contributed by atoms with Crippen LogP contribution in [0.2, 0.25) is 5.82 Å². The summed E-state index contributed by atoms with van der Waals surface area (Å²) >= 11 is 0. The van der Waals surface area contributed by atoms with Crippen LogP contribution in [0.4, 0.5) is 0 Å². The van der Waals surface area contributed by atoms with Gasteiger partial charge in [-0.05, 0) is 19.8 Å². The predicted molar refractivity (Wildman–Crippen MR) is 62.0 cm³/mol. The number of hydrogen-bond donors (Lipinski definition) is 1. The Morgan fingerprint density at radius 3 is 2.38 bits per heavy atom. The molecular weight excluding hydrogens is 159 g/mol. The van der Waals surface area contributed by atoms with E-state index in [0.29, 0.717) is 0 Å². The molecule has 0 aliphatic carbocycles. The zero-order valence-electron chi connectivity index (χ0n) is 9.77. The molecule has 0 aliphatic heterocycles. The molecule has 1 nitrogen and oxygen atoms in total. The molecule has 0 fully saturated rings. The van der Waals surface area contributed by atoms with Gasteiger partial charge in [0, 0.05) is 0 Å². The smallest absolute Gasteiger partial charge is 0.105 e. The second-order valence-electron chi connectivity index (χ2n) is 4.84. The average molecular weight is 184 g/mol. The zero-order valence-corrected chi connectivity index (χ0v) is 9.77. The van der Waals surface area contributed by atoms with Crippen molar-refractivity contribution in [3.8, 4) is 0 Å². The van der Waals surface area contributed by atoms with Crippen molar-refractivity contribution in [3.63, 3.8) is 0 Å². The molecule has 0 amide bonds. The Bertz CT molecular complexity index is 121. The van der Waals surface area contributed by atoms with Gasteiger partial charge in [0.1, 0.15) is 7.85 Å². The van der Waals surface area contributed by atoms with Crippen molar-refractivity contribution in [2.24, 2.45) is 0 Å². The van der Waals surface area contributed by atoms with E-state index in [4.69, 9.17) is 0 Å². The fraction of sp³-hybridized carbons (Fsp3) is 1.00. The van der Waals surface area contributed by atoms with E-state index in [1.54, 1.807) is 0 Å². The molecule has 0 saturated heterocycles. The highest BCUT2D eigenvalue weighted by atomic mass is 16.3. The topological polar surface area (TPSA) is 20.2 Å². The minimum Gasteiger partial charge on any atom is -0.390 e. The van der Waals surface area contributed by atoms with Crippen molar-refractivity contribution in [2.75, 3.05) is 0 Å². The Morgan fingerprint density at radius 2 is 1.92 bits per heavy atom. The van der Waals surface area contributed by atoms with E-state index in [1.807, 2.05) is 13.8 Å². The summed E-state index contributed by atoms with van der Waals surface area (Å²) < 4.78 is 0. The quantitative estimate of drug-likeness (QED) is 0.476. The zero-order chi connectivity index (χ0) is 10.3. The van der Waals surface area contributed by atoms with E-state index in [2.05, 4.69) is 14.8 Å². The van der Waals surface area contributed by atoms with Gasteiger partial charge in [-0.2, -0.15) is 0 Å². The van der Waals surface area contributed by atoms with E-state index < -0.39 is 5.60 Å². The molecule has 2 heteroatoms. The molecule has 0 aliphatic rings. The van der Waals surface area contributed by atoms with Crippen LogP contribution in [0.15, 0.2) is 0 Å². The molecule has 13 heavy (non-hydrogen) atoms. The Kier molecular flexibility index (Phi) is 6.49. The van der Waals surface area contributed by atoms with Gasteiger partial charge in [0.05, 0.1) is 5.60 Å². The van der Waals surface area contributed by atoms with Crippen molar-refractivity contribution in [2.45, 2.75) is 70.7 Å².